The SMILES string of the molecule is N=NCCOCCOCCNC(=O)Nc1cccc2c1CN(C1CCC(=O)NC1=O)C2=O. The second-order valence-corrected chi connectivity index (χ2v) is 7.22. The first kappa shape index (κ1) is 23.3. The summed E-state index contributed by atoms with van der Waals surface area (Å²) in [6, 6.07) is 3.85. The summed E-state index contributed by atoms with van der Waals surface area (Å²) in [5, 5.41) is 10.9. The second kappa shape index (κ2) is 11.3. The number of anilines is 1. The molecule has 3 rings (SSSR count). The van der Waals surface area contributed by atoms with Crippen molar-refractivity contribution >= 4 is 29.4 Å². The van der Waals surface area contributed by atoms with Crippen molar-refractivity contribution in [1.29, 1.82) is 5.53 Å². The van der Waals surface area contributed by atoms with Crippen LogP contribution >= 0.6 is 0 Å². The van der Waals surface area contributed by atoms with Crippen molar-refractivity contribution in [2.24, 2.45) is 5.11 Å². The highest BCUT2D eigenvalue weighted by Crippen LogP contribution is 2.32. The van der Waals surface area contributed by atoms with E-state index >= 15 is 0 Å². The third-order valence-corrected chi connectivity index (χ3v) is 5.08. The predicted molar refractivity (Wildman–Crippen MR) is 111 cm³/mol. The van der Waals surface area contributed by atoms with Gasteiger partial charge in [-0.3, -0.25) is 19.7 Å². The van der Waals surface area contributed by atoms with Gasteiger partial charge in [0.25, 0.3) is 5.91 Å². The van der Waals surface area contributed by atoms with Gasteiger partial charge in [0.2, 0.25) is 11.8 Å². The van der Waals surface area contributed by atoms with E-state index in [2.05, 4.69) is 21.1 Å². The first-order valence-corrected chi connectivity index (χ1v) is 10.3. The molecule has 1 aromatic carbocycles. The largest absolute Gasteiger partial charge is 0.377 e. The Morgan fingerprint density at radius 3 is 2.72 bits per heavy atom. The molecular weight excluding hydrogens is 420 g/mol. The highest BCUT2D eigenvalue weighted by molar-refractivity contribution is 6.06. The normalized spacial score (nSPS) is 17.7. The Labute approximate surface area is 184 Å². The smallest absolute Gasteiger partial charge is 0.319 e. The number of nitrogens with zero attached hydrogens (tertiary/aromatic N) is 2. The van der Waals surface area contributed by atoms with Crippen molar-refractivity contribution < 1.29 is 28.7 Å². The molecule has 0 aromatic heterocycles. The van der Waals surface area contributed by atoms with E-state index in [0.717, 1.165) is 0 Å². The van der Waals surface area contributed by atoms with Crippen LogP contribution in [0.2, 0.25) is 0 Å². The highest BCUT2D eigenvalue weighted by atomic mass is 16.5. The molecule has 1 aromatic rings. The zero-order valence-corrected chi connectivity index (χ0v) is 17.5. The number of hydrogen-bond donors (Lipinski definition) is 4. The maximum atomic E-state index is 12.8. The molecule has 0 spiro atoms. The Kier molecular flexibility index (Phi) is 8.22. The maximum absolute atomic E-state index is 12.8. The van der Waals surface area contributed by atoms with E-state index in [1.807, 2.05) is 0 Å². The van der Waals surface area contributed by atoms with Crippen LogP contribution in [0.25, 0.3) is 0 Å². The molecule has 1 unspecified atom stereocenters. The Morgan fingerprint density at radius 2 is 1.97 bits per heavy atom. The van der Waals surface area contributed by atoms with Crippen LogP contribution in [0.4, 0.5) is 10.5 Å². The molecule has 32 heavy (non-hydrogen) atoms. The van der Waals surface area contributed by atoms with Crippen molar-refractivity contribution in [1.82, 2.24) is 15.5 Å². The molecule has 2 heterocycles. The monoisotopic (exact) mass is 446 g/mol. The molecule has 0 bridgehead atoms. The van der Waals surface area contributed by atoms with Crippen molar-refractivity contribution in [3.63, 3.8) is 0 Å². The quantitative estimate of drug-likeness (QED) is 0.221. The van der Waals surface area contributed by atoms with Gasteiger partial charge in [-0.15, -0.1) is 0 Å². The van der Waals surface area contributed by atoms with Gasteiger partial charge in [0.15, 0.2) is 0 Å². The molecule has 1 atom stereocenters. The van der Waals surface area contributed by atoms with E-state index in [1.54, 1.807) is 18.2 Å². The van der Waals surface area contributed by atoms with Crippen LogP contribution in [-0.4, -0.2) is 74.2 Å². The van der Waals surface area contributed by atoms with E-state index in [0.29, 0.717) is 49.8 Å². The Hall–Kier alpha value is -3.38. The molecule has 2 aliphatic heterocycles. The molecule has 172 valence electrons. The van der Waals surface area contributed by atoms with Crippen molar-refractivity contribution in [3.8, 4) is 0 Å². The number of ether oxygens (including phenoxy) is 2. The van der Waals surface area contributed by atoms with E-state index in [-0.39, 0.29) is 37.7 Å². The lowest BCUT2D eigenvalue weighted by Gasteiger charge is -2.29. The molecule has 4 N–H and O–H groups in total. The molecule has 0 saturated carbocycles. The van der Waals surface area contributed by atoms with Gasteiger partial charge in [0.1, 0.15) is 6.04 Å². The number of piperidine rings is 1. The topological polar surface area (TPSA) is 162 Å². The summed E-state index contributed by atoms with van der Waals surface area (Å²) in [7, 11) is 0. The van der Waals surface area contributed by atoms with Gasteiger partial charge < -0.3 is 25.0 Å². The number of fused-ring (bicyclic) bond motifs is 1. The van der Waals surface area contributed by atoms with Crippen LogP contribution in [0.15, 0.2) is 23.3 Å². The molecule has 2 aliphatic rings. The fourth-order valence-corrected chi connectivity index (χ4v) is 3.54. The molecule has 12 nitrogen and oxygen atoms in total. The van der Waals surface area contributed by atoms with Gasteiger partial charge in [-0.2, -0.15) is 5.11 Å². The number of carbonyl (C=O) groups is 4. The average molecular weight is 446 g/mol. The number of urea groups is 1. The average Bonchev–Trinajstić information content (AvgIpc) is 3.10. The van der Waals surface area contributed by atoms with E-state index < -0.39 is 18.0 Å². The predicted octanol–water partition coefficient (Wildman–Crippen LogP) is 0.633. The lowest BCUT2D eigenvalue weighted by Crippen LogP contribution is -2.52. The van der Waals surface area contributed by atoms with E-state index in [1.165, 1.54) is 4.90 Å². The molecular formula is C20H26N6O6. The summed E-state index contributed by atoms with van der Waals surface area (Å²) in [6.45, 7) is 2.20. The summed E-state index contributed by atoms with van der Waals surface area (Å²) in [4.78, 5) is 50.0. The Balaban J connectivity index is 1.47. The van der Waals surface area contributed by atoms with Crippen molar-refractivity contribution in [2.45, 2.75) is 25.4 Å². The van der Waals surface area contributed by atoms with E-state index in [4.69, 9.17) is 15.0 Å². The first-order chi connectivity index (χ1) is 15.5. The maximum Gasteiger partial charge on any atom is 0.319 e. The van der Waals surface area contributed by atoms with Crippen LogP contribution in [0.1, 0.15) is 28.8 Å². The Bertz CT molecular complexity index is 891. The Morgan fingerprint density at radius 1 is 1.19 bits per heavy atom. The number of imide groups is 1. The summed E-state index contributed by atoms with van der Waals surface area (Å²) in [5.74, 6) is -1.12. The summed E-state index contributed by atoms with van der Waals surface area (Å²) in [5.41, 5.74) is 8.18. The molecule has 0 aliphatic carbocycles. The summed E-state index contributed by atoms with van der Waals surface area (Å²) >= 11 is 0. The van der Waals surface area contributed by atoms with Gasteiger partial charge in [0, 0.05) is 36.3 Å². The molecule has 1 fully saturated rings. The zero-order valence-electron chi connectivity index (χ0n) is 17.5. The number of carbonyl (C=O) groups excluding carboxylic acids is 4. The number of hydrogen-bond acceptors (Lipinski definition) is 8. The third-order valence-electron chi connectivity index (χ3n) is 5.08. The fraction of sp³-hybridized carbons (Fsp3) is 0.500. The van der Waals surface area contributed by atoms with Crippen LogP contribution in [0.3, 0.4) is 0 Å². The summed E-state index contributed by atoms with van der Waals surface area (Å²) in [6.07, 6.45) is 0.456. The molecule has 12 heteroatoms. The first-order valence-electron chi connectivity index (χ1n) is 10.3. The molecule has 0 radical (unpaired) electrons. The van der Waals surface area contributed by atoms with Crippen molar-refractivity contribution in [2.75, 3.05) is 44.8 Å². The second-order valence-electron chi connectivity index (χ2n) is 7.22. The number of amides is 5. The summed E-state index contributed by atoms with van der Waals surface area (Å²) < 4.78 is 10.5. The van der Waals surface area contributed by atoms with Gasteiger partial charge in [0.05, 0.1) is 33.0 Å². The lowest BCUT2D eigenvalue weighted by atomic mass is 10.0. The van der Waals surface area contributed by atoms with Gasteiger partial charge in [-0.25, -0.2) is 10.3 Å². The van der Waals surface area contributed by atoms with Gasteiger partial charge in [-0.1, -0.05) is 6.07 Å². The van der Waals surface area contributed by atoms with Crippen molar-refractivity contribution in [3.05, 3.63) is 29.3 Å². The van der Waals surface area contributed by atoms with Crippen LogP contribution < -0.4 is 16.0 Å². The van der Waals surface area contributed by atoms with Gasteiger partial charge in [-0.05, 0) is 18.6 Å². The molecule has 1 saturated heterocycles. The number of benzene rings is 1. The number of nitrogens with one attached hydrogen (secondary N) is 4. The van der Waals surface area contributed by atoms with Gasteiger partial charge >= 0.3 is 6.03 Å². The minimum absolute atomic E-state index is 0.174. The minimum atomic E-state index is -0.711. The van der Waals surface area contributed by atoms with Crippen LogP contribution in [0, 0.1) is 5.53 Å². The standard InChI is InChI=1S/C20H26N6O6/c21-23-7-9-32-11-10-31-8-6-22-20(30)24-15-3-1-2-13-14(15)12-26(19(13)29)16-4-5-17(27)25-18(16)28/h1-3,16,21H,4-12H2,(H2,22,24,30)(H,25,27,28). The lowest BCUT2D eigenvalue weighted by molar-refractivity contribution is -0.136. The minimum Gasteiger partial charge on any atom is -0.377 e. The van der Waals surface area contributed by atoms with Crippen LogP contribution in [0.5, 0.6) is 0 Å². The highest BCUT2D eigenvalue weighted by Gasteiger charge is 2.39. The fourth-order valence-electron chi connectivity index (χ4n) is 3.54. The van der Waals surface area contributed by atoms with Crippen LogP contribution in [-0.2, 0) is 25.6 Å². The number of rotatable bonds is 11. The third kappa shape index (κ3) is 5.86. The van der Waals surface area contributed by atoms with E-state index in [9.17, 15) is 19.2 Å². The zero-order chi connectivity index (χ0) is 22.9. The molecule has 5 amide bonds.